The molecule has 182 valence electrons. The van der Waals surface area contributed by atoms with Crippen LogP contribution in [0.1, 0.15) is 10.4 Å². The van der Waals surface area contributed by atoms with E-state index in [-0.39, 0.29) is 11.3 Å². The van der Waals surface area contributed by atoms with Crippen LogP contribution in [-0.2, 0) is 0 Å². The Morgan fingerprint density at radius 1 is 0.722 bits per heavy atom. The van der Waals surface area contributed by atoms with Crippen LogP contribution < -0.4 is 20.1 Å². The number of methoxy groups -OCH3 is 1. The number of aromatic carboxylic acids is 1. The van der Waals surface area contributed by atoms with Crippen LogP contribution in [-0.4, -0.2) is 24.2 Å². The third kappa shape index (κ3) is 5.71. The summed E-state index contributed by atoms with van der Waals surface area (Å²) in [4.78, 5) is 24.5. The average Bonchev–Trinajstić information content (AvgIpc) is 2.87. The van der Waals surface area contributed by atoms with E-state index in [9.17, 15) is 14.7 Å². The van der Waals surface area contributed by atoms with Gasteiger partial charge in [-0.25, -0.2) is 9.59 Å². The minimum atomic E-state index is -1.12. The van der Waals surface area contributed by atoms with Crippen molar-refractivity contribution in [3.8, 4) is 28.4 Å². The molecule has 0 radical (unpaired) electrons. The topological polar surface area (TPSA) is 96.9 Å². The lowest BCUT2D eigenvalue weighted by molar-refractivity contribution is 0.0693. The number of rotatable bonds is 7. The van der Waals surface area contributed by atoms with Crippen LogP contribution in [0.5, 0.6) is 17.2 Å². The number of carboxylic acids is 1. The van der Waals surface area contributed by atoms with E-state index in [1.54, 1.807) is 78.9 Å². The first kappa shape index (κ1) is 24.9. The predicted octanol–water partition coefficient (Wildman–Crippen LogP) is 7.80. The normalized spacial score (nSPS) is 10.4. The molecular formula is C27H20Cl2N2O5. The number of ether oxygens (including phenoxy) is 2. The van der Waals surface area contributed by atoms with Gasteiger partial charge in [-0.2, -0.15) is 0 Å². The van der Waals surface area contributed by atoms with Gasteiger partial charge in [0.25, 0.3) is 0 Å². The van der Waals surface area contributed by atoms with Crippen LogP contribution in [0.3, 0.4) is 0 Å². The number of carboxylic acid groups (broad SMARTS) is 1. The summed E-state index contributed by atoms with van der Waals surface area (Å²) >= 11 is 12.4. The van der Waals surface area contributed by atoms with Crippen LogP contribution in [0.4, 0.5) is 16.2 Å². The van der Waals surface area contributed by atoms with E-state index in [4.69, 9.17) is 32.7 Å². The van der Waals surface area contributed by atoms with Gasteiger partial charge in [0.15, 0.2) is 5.75 Å². The number of para-hydroxylation sites is 2. The summed E-state index contributed by atoms with van der Waals surface area (Å²) in [6, 6.07) is 23.1. The van der Waals surface area contributed by atoms with Crippen molar-refractivity contribution in [3.63, 3.8) is 0 Å². The number of carbonyl (C=O) groups excluding carboxylic acids is 1. The maximum absolute atomic E-state index is 12.8. The molecule has 0 atom stereocenters. The summed E-state index contributed by atoms with van der Waals surface area (Å²) in [6.45, 7) is 0. The Balaban J connectivity index is 1.71. The number of nitrogens with one attached hydrogen (secondary N) is 2. The van der Waals surface area contributed by atoms with E-state index in [0.29, 0.717) is 44.0 Å². The summed E-state index contributed by atoms with van der Waals surface area (Å²) in [5, 5.41) is 15.8. The van der Waals surface area contributed by atoms with Crippen molar-refractivity contribution < 1.29 is 24.2 Å². The van der Waals surface area contributed by atoms with Crippen molar-refractivity contribution in [3.05, 3.63) is 101 Å². The highest BCUT2D eigenvalue weighted by molar-refractivity contribution is 6.33. The first-order valence-electron chi connectivity index (χ1n) is 10.7. The first-order valence-corrected chi connectivity index (χ1v) is 11.4. The quantitative estimate of drug-likeness (QED) is 0.230. The van der Waals surface area contributed by atoms with E-state index in [1.165, 1.54) is 13.2 Å². The third-order valence-corrected chi connectivity index (χ3v) is 5.81. The fourth-order valence-corrected chi connectivity index (χ4v) is 3.79. The van der Waals surface area contributed by atoms with Crippen LogP contribution in [0.25, 0.3) is 11.1 Å². The molecule has 0 saturated heterocycles. The summed E-state index contributed by atoms with van der Waals surface area (Å²) in [6.07, 6.45) is 0. The molecule has 4 aromatic carbocycles. The van der Waals surface area contributed by atoms with E-state index < -0.39 is 12.0 Å². The Morgan fingerprint density at radius 2 is 1.33 bits per heavy atom. The van der Waals surface area contributed by atoms with Gasteiger partial charge >= 0.3 is 12.0 Å². The number of amides is 2. The maximum atomic E-state index is 12.8. The molecule has 0 aliphatic heterocycles. The van der Waals surface area contributed by atoms with E-state index >= 15 is 0 Å². The van der Waals surface area contributed by atoms with Crippen LogP contribution in [0, 0.1) is 0 Å². The Labute approximate surface area is 217 Å². The molecule has 0 unspecified atom stereocenters. The van der Waals surface area contributed by atoms with Crippen molar-refractivity contribution in [1.82, 2.24) is 0 Å². The molecule has 0 fully saturated rings. The molecule has 0 aromatic heterocycles. The molecule has 4 rings (SSSR count). The Morgan fingerprint density at radius 3 is 2.00 bits per heavy atom. The summed E-state index contributed by atoms with van der Waals surface area (Å²) in [5.74, 6) is -0.153. The lowest BCUT2D eigenvalue weighted by Crippen LogP contribution is -2.20. The molecule has 0 spiro atoms. The zero-order chi connectivity index (χ0) is 25.7. The van der Waals surface area contributed by atoms with Crippen molar-refractivity contribution in [2.75, 3.05) is 17.7 Å². The van der Waals surface area contributed by atoms with E-state index in [2.05, 4.69) is 10.6 Å². The molecule has 0 heterocycles. The molecule has 0 bridgehead atoms. The zero-order valence-electron chi connectivity index (χ0n) is 18.9. The zero-order valence-corrected chi connectivity index (χ0v) is 20.4. The summed E-state index contributed by atoms with van der Waals surface area (Å²) < 4.78 is 11.1. The molecule has 0 saturated carbocycles. The third-order valence-electron chi connectivity index (χ3n) is 5.17. The number of hydrogen-bond acceptors (Lipinski definition) is 4. The van der Waals surface area contributed by atoms with Crippen LogP contribution in [0.2, 0.25) is 10.0 Å². The highest BCUT2D eigenvalue weighted by atomic mass is 35.5. The van der Waals surface area contributed by atoms with Gasteiger partial charge in [-0.15, -0.1) is 0 Å². The minimum Gasteiger partial charge on any atom is -0.496 e. The molecule has 7 nitrogen and oxygen atoms in total. The van der Waals surface area contributed by atoms with Crippen molar-refractivity contribution in [1.29, 1.82) is 0 Å². The molecule has 3 N–H and O–H groups in total. The minimum absolute atomic E-state index is 0.0114. The molecule has 0 aliphatic carbocycles. The van der Waals surface area contributed by atoms with Crippen LogP contribution in [0.15, 0.2) is 84.9 Å². The molecule has 9 heteroatoms. The second kappa shape index (κ2) is 11.0. The Bertz CT molecular complexity index is 1440. The summed E-state index contributed by atoms with van der Waals surface area (Å²) in [5.41, 5.74) is 2.01. The molecule has 2 amide bonds. The number of benzene rings is 4. The first-order chi connectivity index (χ1) is 17.4. The van der Waals surface area contributed by atoms with Gasteiger partial charge in [0, 0.05) is 0 Å². The fourth-order valence-electron chi connectivity index (χ4n) is 3.44. The van der Waals surface area contributed by atoms with Crippen molar-refractivity contribution in [2.24, 2.45) is 0 Å². The van der Waals surface area contributed by atoms with Gasteiger partial charge < -0.3 is 25.2 Å². The molecular weight excluding hydrogens is 503 g/mol. The fraction of sp³-hybridized carbons (Fsp3) is 0.0370. The van der Waals surface area contributed by atoms with Gasteiger partial charge in [-0.3, -0.25) is 0 Å². The second-order valence-electron chi connectivity index (χ2n) is 7.52. The lowest BCUT2D eigenvalue weighted by Gasteiger charge is -2.16. The highest BCUT2D eigenvalue weighted by Crippen LogP contribution is 2.37. The van der Waals surface area contributed by atoms with Gasteiger partial charge in [-0.05, 0) is 59.7 Å². The number of carbonyl (C=O) groups is 2. The number of hydrogen-bond donors (Lipinski definition) is 3. The van der Waals surface area contributed by atoms with Gasteiger partial charge in [0.1, 0.15) is 17.1 Å². The Hall–Kier alpha value is -4.20. The highest BCUT2D eigenvalue weighted by Gasteiger charge is 2.16. The molecule has 4 aromatic rings. The second-order valence-corrected chi connectivity index (χ2v) is 8.34. The SMILES string of the molecule is COc1ccc(-c2ccc(Oc3ccccc3Cl)c(NC(=O)Nc3ccccc3Cl)c2)cc1C(=O)O. The maximum Gasteiger partial charge on any atom is 0.339 e. The standard InChI is InChI=1S/C27H20Cl2N2O5/c1-35-23-12-10-16(14-18(23)26(32)33)17-11-13-25(36-24-9-5-3-7-20(24)29)22(15-17)31-27(34)30-21-8-4-2-6-19(21)28/h2-15H,1H3,(H,32,33)(H2,30,31,34). The number of anilines is 2. The number of urea groups is 1. The van der Waals surface area contributed by atoms with E-state index in [1.807, 2.05) is 0 Å². The molecule has 0 aliphatic rings. The average molecular weight is 523 g/mol. The van der Waals surface area contributed by atoms with Crippen LogP contribution >= 0.6 is 23.2 Å². The Kier molecular flexibility index (Phi) is 7.63. The van der Waals surface area contributed by atoms with Gasteiger partial charge in [0.2, 0.25) is 0 Å². The molecule has 36 heavy (non-hydrogen) atoms. The van der Waals surface area contributed by atoms with Gasteiger partial charge in [0.05, 0.1) is 28.5 Å². The predicted molar refractivity (Wildman–Crippen MR) is 141 cm³/mol. The smallest absolute Gasteiger partial charge is 0.339 e. The largest absolute Gasteiger partial charge is 0.496 e. The summed E-state index contributed by atoms with van der Waals surface area (Å²) in [7, 11) is 1.40. The monoisotopic (exact) mass is 522 g/mol. The van der Waals surface area contributed by atoms with E-state index in [0.717, 1.165) is 0 Å². The van der Waals surface area contributed by atoms with Crippen molar-refractivity contribution in [2.45, 2.75) is 0 Å². The van der Waals surface area contributed by atoms with Crippen molar-refractivity contribution >= 4 is 46.6 Å². The number of halogens is 2. The lowest BCUT2D eigenvalue weighted by atomic mass is 10.0. The van der Waals surface area contributed by atoms with Gasteiger partial charge in [-0.1, -0.05) is 59.6 Å².